The van der Waals surface area contributed by atoms with Gasteiger partial charge in [-0.15, -0.1) is 0 Å². The number of carbonyl (C=O) groups is 3. The summed E-state index contributed by atoms with van der Waals surface area (Å²) < 4.78 is 0. The van der Waals surface area contributed by atoms with E-state index in [2.05, 4.69) is 46.0 Å². The van der Waals surface area contributed by atoms with Gasteiger partial charge in [-0.3, -0.25) is 14.4 Å². The van der Waals surface area contributed by atoms with E-state index in [1.807, 2.05) is 19.1 Å². The Labute approximate surface area is 227 Å². The summed E-state index contributed by atoms with van der Waals surface area (Å²) in [5, 5.41) is 13.4. The normalized spacial score (nSPS) is 47.3. The van der Waals surface area contributed by atoms with E-state index < -0.39 is 5.41 Å². The van der Waals surface area contributed by atoms with E-state index in [1.54, 1.807) is 0 Å². The Bertz CT molecular complexity index is 1230. The molecule has 0 aromatic heterocycles. The van der Waals surface area contributed by atoms with Crippen molar-refractivity contribution in [1.82, 2.24) is 5.32 Å². The average molecular weight is 517 g/mol. The van der Waals surface area contributed by atoms with Gasteiger partial charge in [0.2, 0.25) is 5.91 Å². The van der Waals surface area contributed by atoms with Crippen molar-refractivity contribution in [1.29, 1.82) is 5.26 Å². The fraction of sp³-hybridized carbons (Fsp3) is 0.758. The number of rotatable bonds is 2. The summed E-state index contributed by atoms with van der Waals surface area (Å²) in [6.07, 6.45) is 12.5. The standard InChI is InChI=1S/C33H44N2O3/c1-19-22-9-10-31(5)25(30(22,4)16-21(18-34)27(19)37)15-24(36)26-23-17-29(2,3)11-13-33(23,14-12-32(26,31)6)35-28(38)20-7-8-20/h15-16,19-20,22-23,26H,7-14,17H2,1-6H3,(H,35,38)/t19-,22-,23?,26?,30-,31+,32+,33-/m0/s1. The third-order valence-electron chi connectivity index (χ3n) is 12.8. The van der Waals surface area contributed by atoms with Crippen LogP contribution in [0.4, 0.5) is 0 Å². The number of Topliss-reactive ketones (excluding diaryl/α,β-unsaturated/α-hetero) is 1. The highest BCUT2D eigenvalue weighted by Gasteiger charge is 2.69. The number of nitrogens with one attached hydrogen (secondary N) is 1. The maximum absolute atomic E-state index is 14.4. The molecule has 5 heteroatoms. The van der Waals surface area contributed by atoms with Gasteiger partial charge >= 0.3 is 0 Å². The summed E-state index contributed by atoms with van der Waals surface area (Å²) in [4.78, 5) is 40.5. The smallest absolute Gasteiger partial charge is 0.223 e. The highest BCUT2D eigenvalue weighted by molar-refractivity contribution is 6.02. The molecule has 5 nitrogen and oxygen atoms in total. The molecule has 8 atom stereocenters. The molecule has 0 radical (unpaired) electrons. The van der Waals surface area contributed by atoms with Crippen LogP contribution in [0, 0.1) is 62.6 Å². The second kappa shape index (κ2) is 7.92. The van der Waals surface area contributed by atoms with Crippen molar-refractivity contribution in [3.05, 3.63) is 23.3 Å². The zero-order chi connectivity index (χ0) is 27.5. The number of hydrogen-bond donors (Lipinski definition) is 1. The molecule has 4 saturated carbocycles. The maximum atomic E-state index is 14.4. The van der Waals surface area contributed by atoms with Gasteiger partial charge in [-0.2, -0.15) is 5.26 Å². The topological polar surface area (TPSA) is 87.0 Å². The minimum atomic E-state index is -0.477. The van der Waals surface area contributed by atoms with Gasteiger partial charge in [-0.1, -0.05) is 53.2 Å². The molecular weight excluding hydrogens is 472 g/mol. The second-order valence-corrected chi connectivity index (χ2v) is 15.3. The lowest BCUT2D eigenvalue weighted by Crippen LogP contribution is -2.69. The van der Waals surface area contributed by atoms with Crippen LogP contribution in [0.1, 0.15) is 99.3 Å². The maximum Gasteiger partial charge on any atom is 0.223 e. The van der Waals surface area contributed by atoms with Crippen LogP contribution in [0.3, 0.4) is 0 Å². The minimum absolute atomic E-state index is 0.0521. The molecule has 0 aromatic rings. The molecule has 0 bridgehead atoms. The van der Waals surface area contributed by atoms with Gasteiger partial charge in [0.15, 0.2) is 11.6 Å². The molecule has 1 N–H and O–H groups in total. The van der Waals surface area contributed by atoms with Crippen molar-refractivity contribution in [2.24, 2.45) is 51.2 Å². The number of fused-ring (bicyclic) bond motifs is 7. The van der Waals surface area contributed by atoms with Crippen LogP contribution in [0.5, 0.6) is 0 Å². The largest absolute Gasteiger partial charge is 0.350 e. The van der Waals surface area contributed by atoms with Crippen molar-refractivity contribution in [2.75, 3.05) is 0 Å². The summed E-state index contributed by atoms with van der Waals surface area (Å²) in [6, 6.07) is 2.17. The minimum Gasteiger partial charge on any atom is -0.350 e. The Morgan fingerprint density at radius 2 is 1.66 bits per heavy atom. The first kappa shape index (κ1) is 26.0. The van der Waals surface area contributed by atoms with E-state index in [1.165, 1.54) is 0 Å². The molecule has 0 aromatic carbocycles. The summed E-state index contributed by atoms with van der Waals surface area (Å²) in [7, 11) is 0. The molecule has 0 heterocycles. The van der Waals surface area contributed by atoms with Crippen molar-refractivity contribution >= 4 is 17.5 Å². The number of nitrogens with zero attached hydrogens (tertiary/aromatic N) is 1. The number of amides is 1. The summed E-state index contributed by atoms with van der Waals surface area (Å²) >= 11 is 0. The highest BCUT2D eigenvalue weighted by atomic mass is 16.2. The van der Waals surface area contributed by atoms with Crippen molar-refractivity contribution in [3.63, 3.8) is 0 Å². The SMILES string of the molecule is C[C@@H]1C(=O)C(C#N)=C[C@]2(C)C3=CC(=O)C4C5CC(C)(C)CC[C@]5(NC(=O)C5CC5)CC[C@@]4(C)[C@]3(C)CC[C@@H]12. The van der Waals surface area contributed by atoms with Crippen LogP contribution >= 0.6 is 0 Å². The lowest BCUT2D eigenvalue weighted by Gasteiger charge is -2.68. The number of carbonyl (C=O) groups excluding carboxylic acids is 3. The van der Waals surface area contributed by atoms with Crippen molar-refractivity contribution < 1.29 is 14.4 Å². The van der Waals surface area contributed by atoms with E-state index in [9.17, 15) is 19.6 Å². The predicted octanol–water partition coefficient (Wildman–Crippen LogP) is 6.09. The monoisotopic (exact) mass is 516 g/mol. The summed E-state index contributed by atoms with van der Waals surface area (Å²) in [5.41, 5.74) is 0.311. The van der Waals surface area contributed by atoms with Crippen LogP contribution in [0.25, 0.3) is 0 Å². The molecule has 4 fully saturated rings. The Hall–Kier alpha value is -2.22. The molecular formula is C33H44N2O3. The fourth-order valence-electron chi connectivity index (χ4n) is 10.2. The van der Waals surface area contributed by atoms with Gasteiger partial charge in [0, 0.05) is 28.7 Å². The molecule has 6 aliphatic carbocycles. The second-order valence-electron chi connectivity index (χ2n) is 15.3. The van der Waals surface area contributed by atoms with Crippen LogP contribution in [-0.4, -0.2) is 23.0 Å². The van der Waals surface area contributed by atoms with E-state index >= 15 is 0 Å². The highest BCUT2D eigenvalue weighted by Crippen LogP contribution is 2.72. The fourth-order valence-corrected chi connectivity index (χ4v) is 10.2. The van der Waals surface area contributed by atoms with E-state index in [0.29, 0.717) is 0 Å². The van der Waals surface area contributed by atoms with Gasteiger partial charge in [0.25, 0.3) is 0 Å². The third-order valence-corrected chi connectivity index (χ3v) is 12.8. The van der Waals surface area contributed by atoms with Crippen LogP contribution in [0.15, 0.2) is 23.3 Å². The van der Waals surface area contributed by atoms with Crippen molar-refractivity contribution in [3.8, 4) is 6.07 Å². The lowest BCUT2D eigenvalue weighted by atomic mass is 9.36. The number of hydrogen-bond acceptors (Lipinski definition) is 4. The Morgan fingerprint density at radius 1 is 0.974 bits per heavy atom. The first-order valence-corrected chi connectivity index (χ1v) is 15.0. The molecule has 6 aliphatic rings. The lowest BCUT2D eigenvalue weighted by molar-refractivity contribution is -0.162. The molecule has 1 amide bonds. The first-order chi connectivity index (χ1) is 17.7. The quantitative estimate of drug-likeness (QED) is 0.481. The number of nitriles is 1. The van der Waals surface area contributed by atoms with Gasteiger partial charge < -0.3 is 5.32 Å². The average Bonchev–Trinajstić information content (AvgIpc) is 3.69. The Kier molecular flexibility index (Phi) is 5.43. The zero-order valence-corrected chi connectivity index (χ0v) is 24.1. The van der Waals surface area contributed by atoms with E-state index in [-0.39, 0.29) is 74.4 Å². The Morgan fingerprint density at radius 3 is 2.32 bits per heavy atom. The van der Waals surface area contributed by atoms with Crippen molar-refractivity contribution in [2.45, 2.75) is 105 Å². The predicted molar refractivity (Wildman–Crippen MR) is 145 cm³/mol. The van der Waals surface area contributed by atoms with Crippen LogP contribution in [-0.2, 0) is 14.4 Å². The first-order valence-electron chi connectivity index (χ1n) is 15.0. The third kappa shape index (κ3) is 3.31. The number of ketones is 2. The van der Waals surface area contributed by atoms with Crippen LogP contribution in [0.2, 0.25) is 0 Å². The molecule has 0 aliphatic heterocycles. The van der Waals surface area contributed by atoms with E-state index in [0.717, 1.165) is 63.4 Å². The molecule has 0 spiro atoms. The van der Waals surface area contributed by atoms with Gasteiger partial charge in [0.1, 0.15) is 6.07 Å². The molecule has 38 heavy (non-hydrogen) atoms. The van der Waals surface area contributed by atoms with E-state index in [4.69, 9.17) is 0 Å². The summed E-state index contributed by atoms with van der Waals surface area (Å²) in [6.45, 7) is 13.5. The molecule has 0 saturated heterocycles. The molecule has 6 rings (SSSR count). The summed E-state index contributed by atoms with van der Waals surface area (Å²) in [5.74, 6) is 0.381. The van der Waals surface area contributed by atoms with Gasteiger partial charge in [0.05, 0.1) is 5.57 Å². The zero-order valence-electron chi connectivity index (χ0n) is 24.1. The van der Waals surface area contributed by atoms with Crippen LogP contribution < -0.4 is 5.32 Å². The number of allylic oxidation sites excluding steroid dienone is 4. The van der Waals surface area contributed by atoms with Gasteiger partial charge in [-0.25, -0.2) is 0 Å². The Balaban J connectivity index is 1.47. The van der Waals surface area contributed by atoms with Gasteiger partial charge in [-0.05, 0) is 91.9 Å². The molecule has 204 valence electrons. The molecule has 2 unspecified atom stereocenters.